The highest BCUT2D eigenvalue weighted by Crippen LogP contribution is 2.23. The molecule has 17 heavy (non-hydrogen) atoms. The highest BCUT2D eigenvalue weighted by atomic mass is 35.5. The van der Waals surface area contributed by atoms with Gasteiger partial charge in [-0.3, -0.25) is 4.79 Å². The molecule has 1 aromatic carbocycles. The second-order valence-electron chi connectivity index (χ2n) is 4.15. The molecule has 2 nitrogen and oxygen atoms in total. The molecule has 1 aromatic rings. The van der Waals surface area contributed by atoms with E-state index in [0.717, 1.165) is 24.0 Å². The summed E-state index contributed by atoms with van der Waals surface area (Å²) in [5, 5.41) is 3.61. The van der Waals surface area contributed by atoms with Crippen LogP contribution in [0.5, 0.6) is 0 Å². The van der Waals surface area contributed by atoms with Gasteiger partial charge in [-0.2, -0.15) is 0 Å². The zero-order valence-corrected chi connectivity index (χ0v) is 11.7. The van der Waals surface area contributed by atoms with Crippen LogP contribution >= 0.6 is 11.6 Å². The van der Waals surface area contributed by atoms with Crippen LogP contribution in [0.2, 0.25) is 5.02 Å². The van der Waals surface area contributed by atoms with Crippen LogP contribution in [-0.4, -0.2) is 11.9 Å². The molecule has 94 valence electrons. The minimum absolute atomic E-state index is 0.0116. The van der Waals surface area contributed by atoms with Crippen LogP contribution < -0.4 is 5.32 Å². The lowest BCUT2D eigenvalue weighted by atomic mass is 10.1. The Labute approximate surface area is 108 Å². The van der Waals surface area contributed by atoms with Crippen molar-refractivity contribution in [3.63, 3.8) is 0 Å². The molecule has 2 rings (SSSR count). The van der Waals surface area contributed by atoms with E-state index in [0.29, 0.717) is 16.6 Å². The lowest BCUT2D eigenvalue weighted by Crippen LogP contribution is -2.25. The first-order valence-corrected chi connectivity index (χ1v) is 6.53. The van der Waals surface area contributed by atoms with Crippen LogP contribution in [0.3, 0.4) is 0 Å². The number of nitrogens with one attached hydrogen (secondary N) is 1. The minimum atomic E-state index is -0.0116. The van der Waals surface area contributed by atoms with Crippen molar-refractivity contribution in [3.05, 3.63) is 33.8 Å². The number of carbonyl (C=O) groups is 1. The first-order valence-electron chi connectivity index (χ1n) is 6.15. The van der Waals surface area contributed by atoms with Gasteiger partial charge in [0.15, 0.2) is 0 Å². The standard InChI is InChI=1S/C12H14ClNO.C2H6/c1-7-5-9(6-11(13)8(7)2)12(15)14-10-3-4-10;1-2/h5-6,10H,3-4H2,1-2H3,(H,14,15);1-2H3. The Morgan fingerprint density at radius 2 is 1.88 bits per heavy atom. The number of aryl methyl sites for hydroxylation is 1. The normalized spacial score (nSPS) is 13.7. The van der Waals surface area contributed by atoms with E-state index in [9.17, 15) is 4.79 Å². The maximum Gasteiger partial charge on any atom is 0.251 e. The summed E-state index contributed by atoms with van der Waals surface area (Å²) < 4.78 is 0. The molecule has 0 saturated heterocycles. The van der Waals surface area contributed by atoms with Crippen molar-refractivity contribution in [3.8, 4) is 0 Å². The Bertz CT molecular complexity index is 388. The van der Waals surface area contributed by atoms with Crippen LogP contribution in [0.1, 0.15) is 48.2 Å². The third-order valence-electron chi connectivity index (χ3n) is 2.78. The average molecular weight is 254 g/mol. The van der Waals surface area contributed by atoms with Crippen LogP contribution in [0.4, 0.5) is 0 Å². The maximum atomic E-state index is 11.7. The number of benzene rings is 1. The van der Waals surface area contributed by atoms with Gasteiger partial charge < -0.3 is 5.32 Å². The molecule has 0 aliphatic heterocycles. The fraction of sp³-hybridized carbons (Fsp3) is 0.500. The molecule has 0 aromatic heterocycles. The van der Waals surface area contributed by atoms with E-state index in [2.05, 4.69) is 5.32 Å². The summed E-state index contributed by atoms with van der Waals surface area (Å²) >= 11 is 6.04. The number of halogens is 1. The summed E-state index contributed by atoms with van der Waals surface area (Å²) in [4.78, 5) is 11.7. The van der Waals surface area contributed by atoms with Gasteiger partial charge in [0, 0.05) is 16.6 Å². The summed E-state index contributed by atoms with van der Waals surface area (Å²) in [5.41, 5.74) is 2.76. The Morgan fingerprint density at radius 1 is 1.29 bits per heavy atom. The van der Waals surface area contributed by atoms with Crippen molar-refractivity contribution in [2.75, 3.05) is 0 Å². The second kappa shape index (κ2) is 6.06. The molecular formula is C14H20ClNO. The summed E-state index contributed by atoms with van der Waals surface area (Å²) in [6, 6.07) is 4.01. The Morgan fingerprint density at radius 3 is 2.35 bits per heavy atom. The molecule has 0 bridgehead atoms. The lowest BCUT2D eigenvalue weighted by molar-refractivity contribution is 0.0951. The quantitative estimate of drug-likeness (QED) is 0.852. The van der Waals surface area contributed by atoms with Crippen molar-refractivity contribution in [2.24, 2.45) is 0 Å². The van der Waals surface area contributed by atoms with Crippen molar-refractivity contribution in [2.45, 2.75) is 46.6 Å². The molecule has 1 saturated carbocycles. The summed E-state index contributed by atoms with van der Waals surface area (Å²) in [7, 11) is 0. The van der Waals surface area contributed by atoms with E-state index in [4.69, 9.17) is 11.6 Å². The number of rotatable bonds is 2. The third-order valence-corrected chi connectivity index (χ3v) is 3.17. The molecule has 0 spiro atoms. The first kappa shape index (κ1) is 14.0. The van der Waals surface area contributed by atoms with Crippen LogP contribution in [0, 0.1) is 13.8 Å². The Balaban J connectivity index is 0.000000686. The molecule has 3 heteroatoms. The van der Waals surface area contributed by atoms with Gasteiger partial charge in [0.05, 0.1) is 0 Å². The zero-order chi connectivity index (χ0) is 13.0. The van der Waals surface area contributed by atoms with Crippen LogP contribution in [0.25, 0.3) is 0 Å². The molecule has 1 N–H and O–H groups in total. The molecular weight excluding hydrogens is 234 g/mol. The van der Waals surface area contributed by atoms with E-state index in [1.165, 1.54) is 0 Å². The van der Waals surface area contributed by atoms with Gasteiger partial charge in [-0.1, -0.05) is 25.4 Å². The van der Waals surface area contributed by atoms with E-state index < -0.39 is 0 Å². The number of hydrogen-bond donors (Lipinski definition) is 1. The predicted octanol–water partition coefficient (Wildman–Crippen LogP) is 3.88. The predicted molar refractivity (Wildman–Crippen MR) is 72.8 cm³/mol. The molecule has 0 heterocycles. The monoisotopic (exact) mass is 253 g/mol. The Hall–Kier alpha value is -1.02. The average Bonchev–Trinajstić information content (AvgIpc) is 3.11. The number of amides is 1. The highest BCUT2D eigenvalue weighted by Gasteiger charge is 2.24. The molecule has 0 atom stereocenters. The van der Waals surface area contributed by atoms with Gasteiger partial charge in [0.25, 0.3) is 5.91 Å². The van der Waals surface area contributed by atoms with E-state index in [1.807, 2.05) is 33.8 Å². The van der Waals surface area contributed by atoms with Crippen molar-refractivity contribution >= 4 is 17.5 Å². The van der Waals surface area contributed by atoms with Crippen molar-refractivity contribution in [1.82, 2.24) is 5.32 Å². The molecule has 1 aliphatic rings. The largest absolute Gasteiger partial charge is 0.349 e. The number of carbonyl (C=O) groups excluding carboxylic acids is 1. The topological polar surface area (TPSA) is 29.1 Å². The van der Waals surface area contributed by atoms with E-state index in [-0.39, 0.29) is 5.91 Å². The number of hydrogen-bond acceptors (Lipinski definition) is 1. The maximum absolute atomic E-state index is 11.7. The Kier molecular flexibility index (Phi) is 5.01. The van der Waals surface area contributed by atoms with Gasteiger partial charge in [-0.25, -0.2) is 0 Å². The fourth-order valence-corrected chi connectivity index (χ4v) is 1.71. The summed E-state index contributed by atoms with van der Waals surface area (Å²) in [6.07, 6.45) is 2.20. The van der Waals surface area contributed by atoms with E-state index >= 15 is 0 Å². The second-order valence-corrected chi connectivity index (χ2v) is 4.55. The SMILES string of the molecule is CC.Cc1cc(C(=O)NC2CC2)cc(Cl)c1C. The van der Waals surface area contributed by atoms with Gasteiger partial charge in [-0.05, 0) is 49.9 Å². The van der Waals surface area contributed by atoms with Crippen LogP contribution in [0.15, 0.2) is 12.1 Å². The van der Waals surface area contributed by atoms with Gasteiger partial charge in [0.2, 0.25) is 0 Å². The van der Waals surface area contributed by atoms with Crippen molar-refractivity contribution < 1.29 is 4.79 Å². The molecule has 1 amide bonds. The highest BCUT2D eigenvalue weighted by molar-refractivity contribution is 6.31. The van der Waals surface area contributed by atoms with Gasteiger partial charge in [0.1, 0.15) is 0 Å². The first-order chi connectivity index (χ1) is 8.08. The molecule has 0 radical (unpaired) electrons. The summed E-state index contributed by atoms with van der Waals surface area (Å²) in [5.74, 6) is -0.0116. The van der Waals surface area contributed by atoms with Gasteiger partial charge in [-0.15, -0.1) is 0 Å². The smallest absolute Gasteiger partial charge is 0.251 e. The molecule has 1 aliphatic carbocycles. The lowest BCUT2D eigenvalue weighted by Gasteiger charge is -2.08. The van der Waals surface area contributed by atoms with E-state index in [1.54, 1.807) is 6.07 Å². The van der Waals surface area contributed by atoms with Crippen LogP contribution in [-0.2, 0) is 0 Å². The zero-order valence-electron chi connectivity index (χ0n) is 10.9. The molecule has 0 unspecified atom stereocenters. The minimum Gasteiger partial charge on any atom is -0.349 e. The third kappa shape index (κ3) is 3.74. The fourth-order valence-electron chi connectivity index (χ4n) is 1.44. The van der Waals surface area contributed by atoms with Gasteiger partial charge >= 0.3 is 0 Å². The molecule has 1 fully saturated rings. The van der Waals surface area contributed by atoms with Crippen molar-refractivity contribution in [1.29, 1.82) is 0 Å². The summed E-state index contributed by atoms with van der Waals surface area (Å²) in [6.45, 7) is 7.93.